The van der Waals surface area contributed by atoms with Gasteiger partial charge in [-0.1, -0.05) is 5.16 Å². The Hall–Kier alpha value is -1.69. The van der Waals surface area contributed by atoms with Gasteiger partial charge in [0, 0.05) is 5.69 Å². The Kier molecular flexibility index (Phi) is 3.87. The Balaban J connectivity index is 1.90. The van der Waals surface area contributed by atoms with E-state index in [0.717, 1.165) is 11.5 Å². The third-order valence-electron chi connectivity index (χ3n) is 2.03. The lowest BCUT2D eigenvalue weighted by Gasteiger charge is -2.02. The largest absolute Gasteiger partial charge is 0.484 e. The van der Waals surface area contributed by atoms with E-state index in [9.17, 15) is 0 Å². The summed E-state index contributed by atoms with van der Waals surface area (Å²) in [5.74, 6) is 2.63. The highest BCUT2D eigenvalue weighted by atomic mass is 32.2. The molecule has 0 unspecified atom stereocenters. The van der Waals surface area contributed by atoms with Crippen LogP contribution in [-0.4, -0.2) is 16.4 Å². The molecule has 90 valence electrons. The van der Waals surface area contributed by atoms with Crippen LogP contribution in [-0.2, 0) is 12.4 Å². The maximum atomic E-state index is 5.57. The van der Waals surface area contributed by atoms with E-state index in [1.807, 2.05) is 6.26 Å². The lowest BCUT2D eigenvalue weighted by Crippen LogP contribution is -1.96. The second-order valence-corrected chi connectivity index (χ2v) is 4.26. The molecule has 1 aromatic heterocycles. The van der Waals surface area contributed by atoms with Crippen LogP contribution in [0.15, 0.2) is 28.8 Å². The van der Waals surface area contributed by atoms with Gasteiger partial charge in [0.2, 0.25) is 0 Å². The predicted octanol–water partition coefficient (Wildman–Crippen LogP) is 2.09. The van der Waals surface area contributed by atoms with Gasteiger partial charge in [0.25, 0.3) is 5.89 Å². The lowest BCUT2D eigenvalue weighted by molar-refractivity contribution is 0.242. The first-order valence-corrected chi connectivity index (χ1v) is 6.46. The van der Waals surface area contributed by atoms with Crippen molar-refractivity contribution in [2.45, 2.75) is 12.4 Å². The normalized spacial score (nSPS) is 10.4. The molecule has 0 aliphatic heterocycles. The fourth-order valence-corrected chi connectivity index (χ4v) is 1.62. The van der Waals surface area contributed by atoms with Gasteiger partial charge >= 0.3 is 0 Å². The third kappa shape index (κ3) is 3.39. The Bertz CT molecular complexity index is 470. The molecule has 5 nitrogen and oxygen atoms in total. The summed E-state index contributed by atoms with van der Waals surface area (Å²) in [4.78, 5) is 4.18. The van der Waals surface area contributed by atoms with Gasteiger partial charge in [-0.05, 0) is 30.5 Å². The van der Waals surface area contributed by atoms with Crippen LogP contribution in [0, 0.1) is 0 Å². The van der Waals surface area contributed by atoms with Crippen LogP contribution in [0.1, 0.15) is 11.7 Å². The first kappa shape index (κ1) is 11.8. The van der Waals surface area contributed by atoms with Gasteiger partial charge in [-0.25, -0.2) is 0 Å². The maximum absolute atomic E-state index is 5.57. The Labute approximate surface area is 103 Å². The van der Waals surface area contributed by atoms with Gasteiger partial charge in [0.1, 0.15) is 5.75 Å². The number of thioether (sulfide) groups is 1. The minimum Gasteiger partial charge on any atom is -0.484 e. The van der Waals surface area contributed by atoms with Crippen molar-refractivity contribution in [1.82, 2.24) is 10.1 Å². The number of nitrogens with two attached hydrogens (primary N) is 1. The molecule has 0 bridgehead atoms. The molecule has 6 heteroatoms. The smallest absolute Gasteiger partial charge is 0.264 e. The van der Waals surface area contributed by atoms with Gasteiger partial charge < -0.3 is 15.0 Å². The van der Waals surface area contributed by atoms with E-state index in [-0.39, 0.29) is 6.61 Å². The average molecular weight is 251 g/mol. The molecule has 0 saturated heterocycles. The van der Waals surface area contributed by atoms with Crippen LogP contribution < -0.4 is 10.5 Å². The number of anilines is 1. The summed E-state index contributed by atoms with van der Waals surface area (Å²) in [6.07, 6.45) is 1.99. The van der Waals surface area contributed by atoms with E-state index < -0.39 is 0 Å². The molecule has 0 saturated carbocycles. The zero-order valence-electron chi connectivity index (χ0n) is 9.42. The number of ether oxygens (including phenoxy) is 1. The van der Waals surface area contributed by atoms with Crippen molar-refractivity contribution in [3.8, 4) is 5.75 Å². The minimum atomic E-state index is 0.269. The number of hydrogen-bond acceptors (Lipinski definition) is 6. The summed E-state index contributed by atoms with van der Waals surface area (Å²) in [6.45, 7) is 0.269. The van der Waals surface area contributed by atoms with Crippen molar-refractivity contribution in [2.24, 2.45) is 0 Å². The third-order valence-corrected chi connectivity index (χ3v) is 2.57. The summed E-state index contributed by atoms with van der Waals surface area (Å²) < 4.78 is 10.5. The van der Waals surface area contributed by atoms with Crippen molar-refractivity contribution < 1.29 is 9.26 Å². The number of hydrogen-bond donors (Lipinski definition) is 1. The molecule has 0 spiro atoms. The highest BCUT2D eigenvalue weighted by molar-refractivity contribution is 7.97. The molecule has 2 aromatic rings. The Morgan fingerprint density at radius 2 is 2.12 bits per heavy atom. The zero-order chi connectivity index (χ0) is 12.1. The number of rotatable bonds is 5. The molecule has 0 aliphatic rings. The molecule has 0 radical (unpaired) electrons. The molecular weight excluding hydrogens is 238 g/mol. The Morgan fingerprint density at radius 3 is 2.82 bits per heavy atom. The SMILES string of the molecule is CSCc1noc(COc2ccc(N)cc2)n1. The van der Waals surface area contributed by atoms with E-state index in [1.165, 1.54) is 0 Å². The zero-order valence-corrected chi connectivity index (χ0v) is 10.2. The molecule has 17 heavy (non-hydrogen) atoms. The first-order valence-electron chi connectivity index (χ1n) is 5.06. The van der Waals surface area contributed by atoms with E-state index in [2.05, 4.69) is 10.1 Å². The van der Waals surface area contributed by atoms with E-state index in [1.54, 1.807) is 36.0 Å². The first-order chi connectivity index (χ1) is 8.28. The fourth-order valence-electron chi connectivity index (χ4n) is 1.25. The summed E-state index contributed by atoms with van der Waals surface area (Å²) in [6, 6.07) is 7.16. The summed E-state index contributed by atoms with van der Waals surface area (Å²) in [5, 5.41) is 3.83. The topological polar surface area (TPSA) is 74.2 Å². The van der Waals surface area contributed by atoms with Crippen molar-refractivity contribution in [2.75, 3.05) is 12.0 Å². The van der Waals surface area contributed by atoms with Gasteiger partial charge in [-0.3, -0.25) is 0 Å². The number of benzene rings is 1. The molecular formula is C11H13N3O2S. The lowest BCUT2D eigenvalue weighted by atomic mass is 10.3. The average Bonchev–Trinajstić information content (AvgIpc) is 2.77. The van der Waals surface area contributed by atoms with Gasteiger partial charge in [-0.15, -0.1) is 0 Å². The van der Waals surface area contributed by atoms with Gasteiger partial charge in [0.05, 0.1) is 5.75 Å². The standard InChI is InChI=1S/C11H13N3O2S/c1-17-7-10-13-11(16-14-10)6-15-9-4-2-8(12)3-5-9/h2-5H,6-7,12H2,1H3. The maximum Gasteiger partial charge on any atom is 0.264 e. The highest BCUT2D eigenvalue weighted by Crippen LogP contribution is 2.14. The molecule has 2 N–H and O–H groups in total. The summed E-state index contributed by atoms with van der Waals surface area (Å²) >= 11 is 1.64. The van der Waals surface area contributed by atoms with Crippen molar-refractivity contribution >= 4 is 17.4 Å². The quantitative estimate of drug-likeness (QED) is 0.820. The molecule has 0 amide bonds. The van der Waals surface area contributed by atoms with Crippen LogP contribution in [0.25, 0.3) is 0 Å². The molecule has 0 atom stereocenters. The van der Waals surface area contributed by atoms with E-state index >= 15 is 0 Å². The van der Waals surface area contributed by atoms with Crippen molar-refractivity contribution in [3.05, 3.63) is 36.0 Å². The second-order valence-electron chi connectivity index (χ2n) is 3.40. The number of nitrogen functional groups attached to an aromatic ring is 1. The van der Waals surface area contributed by atoms with Crippen LogP contribution in [0.4, 0.5) is 5.69 Å². The fraction of sp³-hybridized carbons (Fsp3) is 0.273. The molecule has 2 rings (SSSR count). The molecule has 0 fully saturated rings. The van der Waals surface area contributed by atoms with Crippen LogP contribution in [0.2, 0.25) is 0 Å². The van der Waals surface area contributed by atoms with E-state index in [0.29, 0.717) is 17.4 Å². The Morgan fingerprint density at radius 1 is 1.35 bits per heavy atom. The second kappa shape index (κ2) is 5.58. The predicted molar refractivity (Wildman–Crippen MR) is 66.7 cm³/mol. The van der Waals surface area contributed by atoms with Crippen molar-refractivity contribution in [1.29, 1.82) is 0 Å². The molecule has 1 aromatic carbocycles. The summed E-state index contributed by atoms with van der Waals surface area (Å²) in [7, 11) is 0. The van der Waals surface area contributed by atoms with Crippen LogP contribution >= 0.6 is 11.8 Å². The van der Waals surface area contributed by atoms with E-state index in [4.69, 9.17) is 15.0 Å². The molecule has 0 aliphatic carbocycles. The minimum absolute atomic E-state index is 0.269. The highest BCUT2D eigenvalue weighted by Gasteiger charge is 2.06. The number of nitrogens with zero attached hydrogens (tertiary/aromatic N) is 2. The monoisotopic (exact) mass is 251 g/mol. The molecule has 1 heterocycles. The van der Waals surface area contributed by atoms with Crippen LogP contribution in [0.5, 0.6) is 5.75 Å². The van der Waals surface area contributed by atoms with Gasteiger partial charge in [0.15, 0.2) is 12.4 Å². The number of aromatic nitrogens is 2. The van der Waals surface area contributed by atoms with Gasteiger partial charge in [-0.2, -0.15) is 16.7 Å². The van der Waals surface area contributed by atoms with Crippen molar-refractivity contribution in [3.63, 3.8) is 0 Å². The van der Waals surface area contributed by atoms with Crippen LogP contribution in [0.3, 0.4) is 0 Å². The summed E-state index contributed by atoms with van der Waals surface area (Å²) in [5.41, 5.74) is 6.28.